The van der Waals surface area contributed by atoms with Gasteiger partial charge in [0.25, 0.3) is 0 Å². The van der Waals surface area contributed by atoms with Crippen molar-refractivity contribution in [1.82, 2.24) is 15.0 Å². The number of rotatable bonds is 9. The molecule has 182 valence electrons. The van der Waals surface area contributed by atoms with Crippen molar-refractivity contribution < 1.29 is 4.42 Å². The molecule has 1 aromatic carbocycles. The monoisotopic (exact) mass is 490 g/mol. The molecule has 4 heterocycles. The number of halogens is 1. The van der Waals surface area contributed by atoms with Gasteiger partial charge in [0, 0.05) is 60.2 Å². The highest BCUT2D eigenvalue weighted by molar-refractivity contribution is 6.31. The van der Waals surface area contributed by atoms with E-state index in [4.69, 9.17) is 26.0 Å². The van der Waals surface area contributed by atoms with Crippen LogP contribution in [0.4, 0.5) is 17.5 Å². The van der Waals surface area contributed by atoms with Crippen molar-refractivity contribution in [2.75, 3.05) is 41.3 Å². The molecule has 1 aliphatic rings. The average Bonchev–Trinajstić information content (AvgIpc) is 3.39. The summed E-state index contributed by atoms with van der Waals surface area (Å²) >= 11 is 6.13. The fraction of sp³-hybridized carbons (Fsp3) is 0.370. The van der Waals surface area contributed by atoms with Crippen molar-refractivity contribution in [3.05, 3.63) is 71.4 Å². The third-order valence-corrected chi connectivity index (χ3v) is 6.58. The van der Waals surface area contributed by atoms with Gasteiger partial charge in [0.15, 0.2) is 0 Å². The summed E-state index contributed by atoms with van der Waals surface area (Å²) < 4.78 is 5.65. The van der Waals surface area contributed by atoms with Crippen molar-refractivity contribution >= 4 is 40.0 Å². The van der Waals surface area contributed by atoms with Crippen LogP contribution in [0, 0.1) is 6.92 Å². The number of aromatic nitrogens is 3. The first-order valence-corrected chi connectivity index (χ1v) is 12.7. The lowest BCUT2D eigenvalue weighted by atomic mass is 10.1. The number of furan rings is 1. The molecule has 0 bridgehead atoms. The van der Waals surface area contributed by atoms with E-state index in [0.717, 1.165) is 72.4 Å². The van der Waals surface area contributed by atoms with Crippen molar-refractivity contribution in [2.45, 2.75) is 39.2 Å². The van der Waals surface area contributed by atoms with E-state index in [2.05, 4.69) is 26.2 Å². The summed E-state index contributed by atoms with van der Waals surface area (Å²) in [7, 11) is 0. The first-order valence-electron chi connectivity index (χ1n) is 12.3. The molecular weight excluding hydrogens is 460 g/mol. The van der Waals surface area contributed by atoms with Gasteiger partial charge in [-0.05, 0) is 69.0 Å². The van der Waals surface area contributed by atoms with Crippen LogP contribution < -0.4 is 15.1 Å². The zero-order valence-electron chi connectivity index (χ0n) is 20.1. The number of fused-ring (bicyclic) bond motifs is 1. The third kappa shape index (κ3) is 5.85. The molecule has 35 heavy (non-hydrogen) atoms. The van der Waals surface area contributed by atoms with Gasteiger partial charge in [-0.15, -0.1) is 0 Å². The maximum atomic E-state index is 6.13. The molecule has 1 aliphatic heterocycles. The van der Waals surface area contributed by atoms with E-state index in [9.17, 15) is 0 Å². The van der Waals surface area contributed by atoms with E-state index in [-0.39, 0.29) is 0 Å². The van der Waals surface area contributed by atoms with Gasteiger partial charge in [-0.1, -0.05) is 11.6 Å². The van der Waals surface area contributed by atoms with Crippen LogP contribution in [-0.4, -0.2) is 41.1 Å². The van der Waals surface area contributed by atoms with Gasteiger partial charge >= 0.3 is 0 Å². The van der Waals surface area contributed by atoms with E-state index in [1.54, 1.807) is 6.26 Å². The van der Waals surface area contributed by atoms with Crippen LogP contribution >= 0.6 is 11.6 Å². The first kappa shape index (κ1) is 23.4. The maximum absolute atomic E-state index is 6.13. The number of nitrogens with zero attached hydrogens (tertiary/aromatic N) is 5. The molecule has 0 unspecified atom stereocenters. The Morgan fingerprint density at radius 1 is 1.09 bits per heavy atom. The van der Waals surface area contributed by atoms with E-state index in [1.807, 2.05) is 49.5 Å². The number of hydrogen-bond donors (Lipinski definition) is 1. The Labute approximate surface area is 211 Å². The fourth-order valence-electron chi connectivity index (χ4n) is 4.57. The topological polar surface area (TPSA) is 70.3 Å². The second kappa shape index (κ2) is 11.0. The lowest BCUT2D eigenvalue weighted by Crippen LogP contribution is -2.32. The second-order valence-corrected chi connectivity index (χ2v) is 9.45. The average molecular weight is 491 g/mol. The molecule has 4 aromatic rings. The number of piperidine rings is 1. The van der Waals surface area contributed by atoms with Crippen molar-refractivity contribution in [3.63, 3.8) is 0 Å². The van der Waals surface area contributed by atoms with Crippen LogP contribution in [0.3, 0.4) is 0 Å². The molecule has 7 nitrogen and oxygen atoms in total. The Morgan fingerprint density at radius 3 is 2.80 bits per heavy atom. The zero-order chi connectivity index (χ0) is 24.0. The first-order chi connectivity index (χ1) is 17.2. The highest BCUT2D eigenvalue weighted by atomic mass is 35.5. The maximum Gasteiger partial charge on any atom is 0.227 e. The Morgan fingerprint density at radius 2 is 1.97 bits per heavy atom. The van der Waals surface area contributed by atoms with Gasteiger partial charge in [0.1, 0.15) is 11.6 Å². The number of benzene rings is 1. The van der Waals surface area contributed by atoms with Crippen molar-refractivity contribution in [3.8, 4) is 0 Å². The van der Waals surface area contributed by atoms with Gasteiger partial charge in [-0.2, -0.15) is 4.98 Å². The quantitative estimate of drug-likeness (QED) is 0.285. The third-order valence-electron chi connectivity index (χ3n) is 6.34. The number of hydrogen-bond acceptors (Lipinski definition) is 7. The summed E-state index contributed by atoms with van der Waals surface area (Å²) in [6.07, 6.45) is 8.17. The van der Waals surface area contributed by atoms with Crippen LogP contribution in [0.2, 0.25) is 5.02 Å². The van der Waals surface area contributed by atoms with Gasteiger partial charge in [-0.25, -0.2) is 4.98 Å². The van der Waals surface area contributed by atoms with E-state index >= 15 is 0 Å². The summed E-state index contributed by atoms with van der Waals surface area (Å²) in [5.74, 6) is 2.68. The number of nitrogens with one attached hydrogen (secondary N) is 1. The molecule has 0 aliphatic carbocycles. The summed E-state index contributed by atoms with van der Waals surface area (Å²) in [6, 6.07) is 13.8. The van der Waals surface area contributed by atoms with Crippen LogP contribution in [-0.2, 0) is 6.54 Å². The highest BCUT2D eigenvalue weighted by Gasteiger charge is 2.18. The lowest BCUT2D eigenvalue weighted by molar-refractivity contribution is 0.498. The predicted octanol–water partition coefficient (Wildman–Crippen LogP) is 6.08. The summed E-state index contributed by atoms with van der Waals surface area (Å²) in [6.45, 7) is 6.40. The minimum absolute atomic E-state index is 0.632. The summed E-state index contributed by atoms with van der Waals surface area (Å²) in [4.78, 5) is 18.8. The minimum Gasteiger partial charge on any atom is -0.467 e. The van der Waals surface area contributed by atoms with Gasteiger partial charge in [0.05, 0.1) is 18.3 Å². The number of pyridine rings is 1. The molecule has 1 N–H and O–H groups in total. The van der Waals surface area contributed by atoms with Crippen LogP contribution in [0.1, 0.15) is 37.1 Å². The largest absolute Gasteiger partial charge is 0.467 e. The Bertz CT molecular complexity index is 1260. The van der Waals surface area contributed by atoms with Crippen LogP contribution in [0.15, 0.2) is 59.3 Å². The molecule has 1 fully saturated rings. The number of aryl methyl sites for hydroxylation is 1. The summed E-state index contributed by atoms with van der Waals surface area (Å²) in [5.41, 5.74) is 2.93. The van der Waals surface area contributed by atoms with Gasteiger partial charge in [0.2, 0.25) is 5.95 Å². The molecule has 3 aromatic heterocycles. The number of anilines is 3. The second-order valence-electron chi connectivity index (χ2n) is 9.02. The van der Waals surface area contributed by atoms with Crippen LogP contribution in [0.25, 0.3) is 10.9 Å². The molecule has 0 spiro atoms. The fourth-order valence-corrected chi connectivity index (χ4v) is 4.74. The Kier molecular flexibility index (Phi) is 7.33. The molecule has 0 saturated carbocycles. The van der Waals surface area contributed by atoms with Crippen LogP contribution in [0.5, 0.6) is 0 Å². The van der Waals surface area contributed by atoms with Gasteiger partial charge < -0.3 is 19.5 Å². The van der Waals surface area contributed by atoms with Crippen molar-refractivity contribution in [1.29, 1.82) is 0 Å². The van der Waals surface area contributed by atoms with E-state index < -0.39 is 0 Å². The lowest BCUT2D eigenvalue weighted by Gasteiger charge is -2.29. The molecule has 0 atom stereocenters. The smallest absolute Gasteiger partial charge is 0.227 e. The van der Waals surface area contributed by atoms with Gasteiger partial charge in [-0.3, -0.25) is 4.98 Å². The Balaban J connectivity index is 1.30. The molecule has 0 amide bonds. The minimum atomic E-state index is 0.632. The molecule has 1 saturated heterocycles. The highest BCUT2D eigenvalue weighted by Crippen LogP contribution is 2.25. The molecular formula is C27H31ClN6O. The predicted molar refractivity (Wildman–Crippen MR) is 142 cm³/mol. The molecule has 8 heteroatoms. The van der Waals surface area contributed by atoms with E-state index in [0.29, 0.717) is 11.6 Å². The SMILES string of the molecule is Cc1cc(N2CCCCC2)nc(N(CCCNc2ccnc3cc(Cl)ccc23)Cc2ccco2)n1. The summed E-state index contributed by atoms with van der Waals surface area (Å²) in [5, 5.41) is 5.32. The molecule has 5 rings (SSSR count). The zero-order valence-corrected chi connectivity index (χ0v) is 20.8. The van der Waals surface area contributed by atoms with Crippen molar-refractivity contribution in [2.24, 2.45) is 0 Å². The molecule has 0 radical (unpaired) electrons. The Hall–Kier alpha value is -3.32. The van der Waals surface area contributed by atoms with E-state index in [1.165, 1.54) is 19.3 Å². The standard InChI is InChI=1S/C27H31ClN6O/c1-20-17-26(33-13-3-2-4-14-33)32-27(31-20)34(19-22-7-5-16-35-22)15-6-11-29-24-10-12-30-25-18-21(28)8-9-23(24)25/h5,7-10,12,16-18H,2-4,6,11,13-15,19H2,1H3,(H,29,30). The normalized spacial score (nSPS) is 13.8.